The lowest BCUT2D eigenvalue weighted by molar-refractivity contribution is -0.148. The minimum Gasteiger partial charge on any atom is -0.479 e. The number of aliphatic hydroxyl groups excluding tert-OH is 2. The fraction of sp³-hybridized carbons (Fsp3) is 0.762. The maximum atomic E-state index is 13.5. The van der Waals surface area contributed by atoms with Crippen LogP contribution in [0.3, 0.4) is 0 Å². The van der Waals surface area contributed by atoms with Gasteiger partial charge >= 0.3 is 5.97 Å². The van der Waals surface area contributed by atoms with Crippen molar-refractivity contribution in [1.82, 2.24) is 34.9 Å². The molecule has 1 aliphatic heterocycles. The molecule has 3 rings (SSSR count). The largest absolute Gasteiger partial charge is 0.479 e. The Balaban J connectivity index is 1.84. The van der Waals surface area contributed by atoms with E-state index in [2.05, 4.69) is 25.6 Å². The highest BCUT2D eigenvalue weighted by Crippen LogP contribution is 2.44. The van der Waals surface area contributed by atoms with E-state index < -0.39 is 56.0 Å². The van der Waals surface area contributed by atoms with Gasteiger partial charge in [-0.25, -0.2) is 15.0 Å². The molecule has 5 unspecified atom stereocenters. The Labute approximate surface area is 213 Å². The van der Waals surface area contributed by atoms with E-state index in [0.717, 1.165) is 11.1 Å². The van der Waals surface area contributed by atoms with Gasteiger partial charge in [0.15, 0.2) is 11.7 Å². The summed E-state index contributed by atoms with van der Waals surface area (Å²) in [4.78, 5) is 25.2. The van der Waals surface area contributed by atoms with Gasteiger partial charge in [0.1, 0.15) is 23.8 Å². The van der Waals surface area contributed by atoms with Crippen molar-refractivity contribution in [3.63, 3.8) is 0 Å². The van der Waals surface area contributed by atoms with Crippen LogP contribution in [0.5, 0.6) is 0 Å². The molecule has 1 saturated heterocycles. The number of aliphatic carboxylic acids is 1. The lowest BCUT2D eigenvalue weighted by Crippen LogP contribution is -2.43. The van der Waals surface area contributed by atoms with Crippen molar-refractivity contribution in [1.29, 1.82) is 0 Å². The number of aliphatic hydroxyl groups is 2. The lowest BCUT2D eigenvalue weighted by Gasteiger charge is -2.30. The van der Waals surface area contributed by atoms with Crippen molar-refractivity contribution in [2.24, 2.45) is 7.05 Å². The molecule has 0 saturated carbocycles. The molecule has 1 fully saturated rings. The number of hydrogen-bond acceptors (Lipinski definition) is 10. The van der Waals surface area contributed by atoms with Crippen LogP contribution in [-0.2, 0) is 32.3 Å². The minimum absolute atomic E-state index is 0.162. The number of carboxylic acids is 1. The number of nitrogens with zero attached hydrogens (tertiary/aromatic N) is 5. The van der Waals surface area contributed by atoms with E-state index in [9.17, 15) is 29.5 Å². The van der Waals surface area contributed by atoms with Crippen LogP contribution in [0.25, 0.3) is 11.0 Å². The van der Waals surface area contributed by atoms with Gasteiger partial charge in [0.05, 0.1) is 12.3 Å². The van der Waals surface area contributed by atoms with Gasteiger partial charge in [-0.3, -0.25) is 14.0 Å². The summed E-state index contributed by atoms with van der Waals surface area (Å²) in [6.07, 6.45) is -4.43. The summed E-state index contributed by atoms with van der Waals surface area (Å²) in [7, 11) is -2.23. The van der Waals surface area contributed by atoms with Crippen LogP contribution in [-0.4, -0.2) is 88.9 Å². The molecule has 3 heterocycles. The van der Waals surface area contributed by atoms with Crippen LogP contribution in [0, 0.1) is 0 Å². The third-order valence-electron chi connectivity index (χ3n) is 5.67. The summed E-state index contributed by atoms with van der Waals surface area (Å²) in [5.74, 6) is -3.30. The molecule has 0 spiro atoms. The molecule has 0 amide bonds. The summed E-state index contributed by atoms with van der Waals surface area (Å²) >= 11 is 0. The van der Waals surface area contributed by atoms with E-state index >= 15 is 0 Å². The van der Waals surface area contributed by atoms with Crippen molar-refractivity contribution in [2.75, 3.05) is 6.61 Å². The Bertz CT molecular complexity index is 1200. The Morgan fingerprint density at radius 3 is 2.35 bits per heavy atom. The average Bonchev–Trinajstić information content (AvgIpc) is 3.24. The summed E-state index contributed by atoms with van der Waals surface area (Å²) in [5.41, 5.74) is 0.490. The second-order valence-corrected chi connectivity index (χ2v) is 12.0. The first-order chi connectivity index (χ1) is 17.3. The van der Waals surface area contributed by atoms with Gasteiger partial charge in [0, 0.05) is 19.1 Å². The fourth-order valence-electron chi connectivity index (χ4n) is 4.25. The van der Waals surface area contributed by atoms with Crippen molar-refractivity contribution >= 4 is 24.4 Å². The number of ether oxygens (including phenoxy) is 2. The van der Waals surface area contributed by atoms with Crippen molar-refractivity contribution in [3.8, 4) is 0 Å². The molecule has 5 atom stereocenters. The first-order valence-corrected chi connectivity index (χ1v) is 13.9. The monoisotopic (exact) mass is 545 g/mol. The quantitative estimate of drug-likeness (QED) is 0.218. The standard InChI is InChI=1S/C21H36N7O8P/c1-7-8-12-14-15(27(6)23-12)18(31)28(26-22-14)19-17(30)16(29)13(36-19)9-35-21(20(32)33)37(34,24-10(2)3)25-11(4)5/h10-11,13,16-17,19,21,29-30H,7-9H2,1-6H3,(H,32,33)(H2,24,25,34). The maximum Gasteiger partial charge on any atom is 0.343 e. The predicted octanol–water partition coefficient (Wildman–Crippen LogP) is -0.287. The molecule has 2 aromatic heterocycles. The zero-order valence-electron chi connectivity index (χ0n) is 21.7. The lowest BCUT2D eigenvalue weighted by atomic mass is 10.1. The molecule has 37 heavy (non-hydrogen) atoms. The number of aryl methyl sites for hydroxylation is 2. The van der Waals surface area contributed by atoms with Gasteiger partial charge in [0.25, 0.3) is 13.0 Å². The number of nitrogens with one attached hydrogen (secondary N) is 2. The summed E-state index contributed by atoms with van der Waals surface area (Å²) in [6, 6.07) is -0.653. The van der Waals surface area contributed by atoms with Gasteiger partial charge < -0.3 is 24.8 Å². The van der Waals surface area contributed by atoms with Crippen molar-refractivity contribution < 1.29 is 34.2 Å². The number of hydrogen-bond donors (Lipinski definition) is 5. The van der Waals surface area contributed by atoms with Crippen LogP contribution in [0.4, 0.5) is 0 Å². The molecule has 0 bridgehead atoms. The molecule has 0 aromatic carbocycles. The van der Waals surface area contributed by atoms with E-state index in [4.69, 9.17) is 9.47 Å². The molecule has 16 heteroatoms. The second-order valence-electron chi connectivity index (χ2n) is 9.65. The summed E-state index contributed by atoms with van der Waals surface area (Å²) in [5, 5.41) is 48.8. The highest BCUT2D eigenvalue weighted by Gasteiger charge is 2.47. The SMILES string of the molecule is CCCc1nn(C)c2c(=O)n(C3OC(COC(C(=O)O)P(=O)(NC(C)C)NC(C)C)C(O)C3O)nnc12. The number of fused-ring (bicyclic) bond motifs is 1. The average molecular weight is 546 g/mol. The molecule has 0 aliphatic carbocycles. The van der Waals surface area contributed by atoms with Gasteiger partial charge in [-0.15, -0.1) is 5.10 Å². The van der Waals surface area contributed by atoms with E-state index in [1.54, 1.807) is 34.7 Å². The summed E-state index contributed by atoms with van der Waals surface area (Å²) < 4.78 is 26.9. The van der Waals surface area contributed by atoms with Gasteiger partial charge in [0.2, 0.25) is 5.85 Å². The Morgan fingerprint density at radius 2 is 1.81 bits per heavy atom. The third kappa shape index (κ3) is 6.08. The smallest absolute Gasteiger partial charge is 0.343 e. The normalized spacial score (nSPS) is 23.4. The van der Waals surface area contributed by atoms with Crippen LogP contribution in [0.1, 0.15) is 53.0 Å². The van der Waals surface area contributed by atoms with Gasteiger partial charge in [-0.1, -0.05) is 18.6 Å². The Morgan fingerprint density at radius 1 is 1.19 bits per heavy atom. The molecule has 5 N–H and O–H groups in total. The summed E-state index contributed by atoms with van der Waals surface area (Å²) in [6.45, 7) is 8.27. The maximum absolute atomic E-state index is 13.5. The molecular weight excluding hydrogens is 509 g/mol. The third-order valence-corrected chi connectivity index (χ3v) is 8.50. The predicted molar refractivity (Wildman–Crippen MR) is 132 cm³/mol. The molecular formula is C21H36N7O8P. The molecule has 0 radical (unpaired) electrons. The van der Waals surface area contributed by atoms with Gasteiger partial charge in [-0.05, 0) is 34.1 Å². The van der Waals surface area contributed by atoms with Gasteiger partial charge in [-0.2, -0.15) is 9.78 Å². The van der Waals surface area contributed by atoms with Crippen LogP contribution in [0.2, 0.25) is 0 Å². The van der Waals surface area contributed by atoms with Crippen molar-refractivity contribution in [2.45, 2.75) is 89.9 Å². The topological polar surface area (TPSA) is 203 Å². The number of carbonyl (C=O) groups is 1. The van der Waals surface area contributed by atoms with Crippen LogP contribution < -0.4 is 15.7 Å². The van der Waals surface area contributed by atoms with E-state index in [1.807, 2.05) is 6.92 Å². The fourth-order valence-corrected chi connectivity index (χ4v) is 6.74. The Hall–Kier alpha value is -2.26. The Kier molecular flexibility index (Phi) is 9.22. The highest BCUT2D eigenvalue weighted by molar-refractivity contribution is 7.61. The number of rotatable bonds is 12. The van der Waals surface area contributed by atoms with E-state index in [1.165, 1.54) is 4.68 Å². The first-order valence-electron chi connectivity index (χ1n) is 12.1. The second kappa shape index (κ2) is 11.6. The molecule has 15 nitrogen and oxygen atoms in total. The number of carboxylic acid groups (broad SMARTS) is 1. The first kappa shape index (κ1) is 29.3. The molecule has 208 valence electrons. The van der Waals surface area contributed by atoms with Crippen molar-refractivity contribution in [3.05, 3.63) is 16.0 Å². The van der Waals surface area contributed by atoms with E-state index in [0.29, 0.717) is 17.6 Å². The molecule has 1 aliphatic rings. The van der Waals surface area contributed by atoms with Crippen LogP contribution in [0.15, 0.2) is 4.79 Å². The highest BCUT2D eigenvalue weighted by atomic mass is 31.2. The van der Waals surface area contributed by atoms with E-state index in [-0.39, 0.29) is 17.6 Å². The number of aromatic nitrogens is 5. The zero-order chi connectivity index (χ0) is 27.7. The zero-order valence-corrected chi connectivity index (χ0v) is 22.6. The molecule has 2 aromatic rings. The minimum atomic E-state index is -3.82. The van der Waals surface area contributed by atoms with Crippen LogP contribution >= 0.6 is 7.44 Å².